The van der Waals surface area contributed by atoms with Crippen LogP contribution in [0.15, 0.2) is 29.3 Å². The number of carbonyl (C=O) groups is 1. The zero-order valence-electron chi connectivity index (χ0n) is 15.3. The van der Waals surface area contributed by atoms with Gasteiger partial charge in [-0.3, -0.25) is 0 Å². The molecule has 27 heavy (non-hydrogen) atoms. The minimum atomic E-state index is -0.426. The number of aryl methyl sites for hydroxylation is 1. The van der Waals surface area contributed by atoms with Crippen LogP contribution in [0.5, 0.6) is 5.75 Å². The van der Waals surface area contributed by atoms with Gasteiger partial charge in [-0.05, 0) is 31.5 Å². The van der Waals surface area contributed by atoms with Crippen molar-refractivity contribution in [3.63, 3.8) is 0 Å². The Balaban J connectivity index is 2.07. The van der Waals surface area contributed by atoms with Gasteiger partial charge < -0.3 is 15.2 Å². The average molecular weight is 365 g/mol. The van der Waals surface area contributed by atoms with Crippen LogP contribution in [-0.2, 0) is 11.3 Å². The van der Waals surface area contributed by atoms with E-state index in [-0.39, 0.29) is 6.61 Å². The maximum atomic E-state index is 12.7. The highest BCUT2D eigenvalue weighted by molar-refractivity contribution is 6.11. The van der Waals surface area contributed by atoms with Crippen molar-refractivity contribution in [2.45, 2.75) is 20.4 Å². The number of hydrogen-bond acceptors (Lipinski definition) is 7. The van der Waals surface area contributed by atoms with E-state index in [0.717, 1.165) is 11.3 Å². The number of hydrogen-bond donors (Lipinski definition) is 1. The van der Waals surface area contributed by atoms with Crippen molar-refractivity contribution < 1.29 is 14.3 Å². The summed E-state index contributed by atoms with van der Waals surface area (Å²) in [5.74, 6) is 1.37. The molecule has 138 valence electrons. The minimum absolute atomic E-state index is 0.273. The van der Waals surface area contributed by atoms with E-state index in [4.69, 9.17) is 15.2 Å². The van der Waals surface area contributed by atoms with E-state index < -0.39 is 5.97 Å². The largest absolute Gasteiger partial charge is 0.497 e. The first-order valence-electron chi connectivity index (χ1n) is 8.59. The lowest BCUT2D eigenvalue weighted by Crippen LogP contribution is -2.14. The summed E-state index contributed by atoms with van der Waals surface area (Å²) in [7, 11) is 1.61. The fourth-order valence-corrected chi connectivity index (χ4v) is 3.31. The van der Waals surface area contributed by atoms with E-state index in [1.54, 1.807) is 25.6 Å². The van der Waals surface area contributed by atoms with Gasteiger partial charge >= 0.3 is 5.97 Å². The number of amidine groups is 1. The number of carbonyl (C=O) groups excluding carboxylic acids is 1. The second-order valence-electron chi connectivity index (χ2n) is 6.18. The number of methoxy groups -OCH3 is 1. The van der Waals surface area contributed by atoms with Crippen molar-refractivity contribution >= 4 is 28.7 Å². The molecule has 0 bridgehead atoms. The number of benzene rings is 1. The molecule has 0 atom stereocenters. The van der Waals surface area contributed by atoms with E-state index in [9.17, 15) is 4.79 Å². The van der Waals surface area contributed by atoms with Crippen molar-refractivity contribution in [1.29, 1.82) is 0 Å². The summed E-state index contributed by atoms with van der Waals surface area (Å²) in [6.45, 7) is 4.23. The number of nitrogens with zero attached hydrogens (tertiary/aromatic N) is 4. The number of aliphatic imine (C=N–C) groups is 1. The topological polar surface area (TPSA) is 105 Å². The van der Waals surface area contributed by atoms with Crippen LogP contribution in [0.25, 0.3) is 22.2 Å². The van der Waals surface area contributed by atoms with E-state index in [2.05, 4.69) is 15.1 Å². The molecule has 4 rings (SSSR count). The highest BCUT2D eigenvalue weighted by Gasteiger charge is 2.28. The Morgan fingerprint density at radius 3 is 2.70 bits per heavy atom. The molecule has 3 heterocycles. The summed E-state index contributed by atoms with van der Waals surface area (Å²) in [6.07, 6.45) is 0. The molecule has 2 aromatic heterocycles. The molecule has 0 radical (unpaired) electrons. The van der Waals surface area contributed by atoms with Crippen molar-refractivity contribution in [3.8, 4) is 16.9 Å². The summed E-state index contributed by atoms with van der Waals surface area (Å²) < 4.78 is 12.2. The third-order valence-corrected chi connectivity index (χ3v) is 4.46. The Bertz CT molecular complexity index is 1080. The lowest BCUT2D eigenvalue weighted by Gasteiger charge is -2.13. The van der Waals surface area contributed by atoms with Gasteiger partial charge in [0.1, 0.15) is 18.1 Å². The van der Waals surface area contributed by atoms with E-state index in [1.165, 1.54) is 0 Å². The van der Waals surface area contributed by atoms with Crippen LogP contribution in [0.2, 0.25) is 0 Å². The molecule has 1 aliphatic rings. The SMILES string of the molecule is CCOC(=O)c1c(C)nc2nn3c(c2c1-c1ccc(OC)cc1)N=C(N)C3. The van der Waals surface area contributed by atoms with Crippen molar-refractivity contribution in [2.75, 3.05) is 13.7 Å². The van der Waals surface area contributed by atoms with Crippen LogP contribution >= 0.6 is 0 Å². The molecule has 0 saturated carbocycles. The molecule has 2 N–H and O–H groups in total. The quantitative estimate of drug-likeness (QED) is 0.713. The molecule has 3 aromatic rings. The zero-order chi connectivity index (χ0) is 19.1. The molecule has 0 unspecified atom stereocenters. The molecule has 8 heteroatoms. The molecule has 1 aliphatic heterocycles. The van der Waals surface area contributed by atoms with Crippen LogP contribution in [0.4, 0.5) is 5.82 Å². The van der Waals surface area contributed by atoms with E-state index in [0.29, 0.717) is 46.1 Å². The number of rotatable bonds is 4. The fourth-order valence-electron chi connectivity index (χ4n) is 3.31. The number of nitrogens with two attached hydrogens (primary N) is 1. The van der Waals surface area contributed by atoms with Gasteiger partial charge in [0, 0.05) is 5.56 Å². The standard InChI is InChI=1S/C19H19N5O3/c1-4-27-19(25)14-10(2)21-17-16(18-22-13(20)9-24(18)23-17)15(14)11-5-7-12(26-3)8-6-11/h5-8H,4,9H2,1-3H3,(H2,20,22). The summed E-state index contributed by atoms with van der Waals surface area (Å²) >= 11 is 0. The van der Waals surface area contributed by atoms with Gasteiger partial charge in [-0.15, -0.1) is 5.10 Å². The van der Waals surface area contributed by atoms with Crippen molar-refractivity contribution in [1.82, 2.24) is 14.8 Å². The third kappa shape index (κ3) is 2.69. The third-order valence-electron chi connectivity index (χ3n) is 4.46. The number of pyridine rings is 1. The highest BCUT2D eigenvalue weighted by atomic mass is 16.5. The van der Waals surface area contributed by atoms with Gasteiger partial charge in [-0.25, -0.2) is 19.5 Å². The van der Waals surface area contributed by atoms with Gasteiger partial charge in [0.05, 0.1) is 30.4 Å². The monoisotopic (exact) mass is 365 g/mol. The maximum absolute atomic E-state index is 12.7. The summed E-state index contributed by atoms with van der Waals surface area (Å²) in [6, 6.07) is 7.46. The molecular weight excluding hydrogens is 346 g/mol. The Kier molecular flexibility index (Phi) is 4.02. The molecule has 8 nitrogen and oxygen atoms in total. The lowest BCUT2D eigenvalue weighted by molar-refractivity contribution is 0.0526. The van der Waals surface area contributed by atoms with Crippen LogP contribution in [-0.4, -0.2) is 40.3 Å². The van der Waals surface area contributed by atoms with Gasteiger partial charge in [0.25, 0.3) is 0 Å². The molecule has 0 saturated heterocycles. The molecular formula is C19H19N5O3. The maximum Gasteiger partial charge on any atom is 0.340 e. The lowest BCUT2D eigenvalue weighted by atomic mass is 9.96. The number of ether oxygens (including phenoxy) is 2. The minimum Gasteiger partial charge on any atom is -0.497 e. The first-order chi connectivity index (χ1) is 13.0. The Hall–Kier alpha value is -3.42. The molecule has 0 amide bonds. The Morgan fingerprint density at radius 1 is 1.30 bits per heavy atom. The number of esters is 1. The summed E-state index contributed by atoms with van der Waals surface area (Å²) in [5.41, 5.74) is 8.89. The Labute approximate surface area is 155 Å². The van der Waals surface area contributed by atoms with Crippen LogP contribution in [0, 0.1) is 6.92 Å². The van der Waals surface area contributed by atoms with Crippen molar-refractivity contribution in [3.05, 3.63) is 35.5 Å². The van der Waals surface area contributed by atoms with Gasteiger partial charge in [0.2, 0.25) is 0 Å². The predicted molar refractivity (Wildman–Crippen MR) is 101 cm³/mol. The summed E-state index contributed by atoms with van der Waals surface area (Å²) in [5, 5.41) is 5.19. The number of fused-ring (bicyclic) bond motifs is 3. The molecule has 0 aliphatic carbocycles. The number of aromatic nitrogens is 3. The smallest absolute Gasteiger partial charge is 0.340 e. The van der Waals surface area contributed by atoms with Crippen LogP contribution in [0.3, 0.4) is 0 Å². The highest BCUT2D eigenvalue weighted by Crippen LogP contribution is 2.40. The van der Waals surface area contributed by atoms with Crippen LogP contribution < -0.4 is 10.5 Å². The van der Waals surface area contributed by atoms with E-state index in [1.807, 2.05) is 24.3 Å². The first-order valence-corrected chi connectivity index (χ1v) is 8.59. The molecule has 1 aromatic carbocycles. The van der Waals surface area contributed by atoms with Crippen molar-refractivity contribution in [2.24, 2.45) is 10.7 Å². The second kappa shape index (κ2) is 6.39. The average Bonchev–Trinajstić information content (AvgIpc) is 3.16. The summed E-state index contributed by atoms with van der Waals surface area (Å²) in [4.78, 5) is 21.7. The Morgan fingerprint density at radius 2 is 2.04 bits per heavy atom. The fraction of sp³-hybridized carbons (Fsp3) is 0.263. The van der Waals surface area contributed by atoms with Gasteiger partial charge in [-0.2, -0.15) is 0 Å². The molecule has 0 fully saturated rings. The predicted octanol–water partition coefficient (Wildman–Crippen LogP) is 2.59. The second-order valence-corrected chi connectivity index (χ2v) is 6.18. The van der Waals surface area contributed by atoms with E-state index >= 15 is 0 Å². The molecule has 0 spiro atoms. The van der Waals surface area contributed by atoms with Crippen LogP contribution in [0.1, 0.15) is 23.0 Å². The van der Waals surface area contributed by atoms with Gasteiger partial charge in [-0.1, -0.05) is 12.1 Å². The first kappa shape index (κ1) is 17.0. The van der Waals surface area contributed by atoms with Gasteiger partial charge in [0.15, 0.2) is 11.5 Å². The normalized spacial score (nSPS) is 12.8. The zero-order valence-corrected chi connectivity index (χ0v) is 15.3.